The first-order chi connectivity index (χ1) is 20.7. The summed E-state index contributed by atoms with van der Waals surface area (Å²) >= 11 is 0. The van der Waals surface area contributed by atoms with Crippen LogP contribution in [0.2, 0.25) is 0 Å². The predicted molar refractivity (Wildman–Crippen MR) is 166 cm³/mol. The summed E-state index contributed by atoms with van der Waals surface area (Å²) in [6, 6.07) is 35.6. The Morgan fingerprint density at radius 1 is 0.690 bits per heavy atom. The fourth-order valence-electron chi connectivity index (χ4n) is 6.09. The first-order valence-electron chi connectivity index (χ1n) is 15.1. The van der Waals surface area contributed by atoms with E-state index in [0.29, 0.717) is 6.54 Å². The van der Waals surface area contributed by atoms with E-state index in [9.17, 15) is 5.11 Å². The molecule has 2 saturated heterocycles. The topological polar surface area (TPSA) is 71.2 Å². The maximum Gasteiger partial charge on any atom is 0.184 e. The first kappa shape index (κ1) is 28.7. The van der Waals surface area contributed by atoms with Gasteiger partial charge in [-0.2, -0.15) is 0 Å². The Kier molecular flexibility index (Phi) is 9.41. The van der Waals surface area contributed by atoms with Crippen molar-refractivity contribution < 1.29 is 14.6 Å². The van der Waals surface area contributed by atoms with E-state index in [0.717, 1.165) is 79.1 Å². The Morgan fingerprint density at radius 2 is 1.36 bits per heavy atom. The summed E-state index contributed by atoms with van der Waals surface area (Å²) in [5.74, 6) is 0. The summed E-state index contributed by atoms with van der Waals surface area (Å²) in [5.41, 5.74) is 13.8. The van der Waals surface area contributed by atoms with E-state index in [1.165, 1.54) is 5.56 Å². The lowest BCUT2D eigenvalue weighted by Gasteiger charge is -2.40. The number of rotatable bonds is 9. The SMILES string of the molecule is NCc1ccccc1-c1ccc([C@@H]2O[C@H](CN3CCN(Cc4ccccc4)CC3)C[C@H](c3ccc(CO)cc3)O2)cc1. The van der Waals surface area contributed by atoms with Crippen molar-refractivity contribution in [2.45, 2.75) is 44.6 Å². The van der Waals surface area contributed by atoms with Crippen LogP contribution < -0.4 is 5.73 Å². The molecule has 0 aromatic heterocycles. The Labute approximate surface area is 249 Å². The van der Waals surface area contributed by atoms with E-state index in [4.69, 9.17) is 15.2 Å². The minimum atomic E-state index is -0.454. The quantitative estimate of drug-likeness (QED) is 0.274. The minimum absolute atomic E-state index is 0.0377. The molecule has 2 heterocycles. The molecule has 4 aromatic rings. The van der Waals surface area contributed by atoms with E-state index >= 15 is 0 Å². The molecule has 2 aliphatic heterocycles. The van der Waals surface area contributed by atoms with Gasteiger partial charge in [-0.25, -0.2) is 0 Å². The van der Waals surface area contributed by atoms with Crippen LogP contribution in [0.25, 0.3) is 11.1 Å². The number of aliphatic hydroxyl groups excluding tert-OH is 1. The van der Waals surface area contributed by atoms with Crippen LogP contribution in [-0.2, 0) is 29.2 Å². The number of hydrogen-bond donors (Lipinski definition) is 2. The molecule has 0 bridgehead atoms. The summed E-state index contributed by atoms with van der Waals surface area (Å²) in [4.78, 5) is 5.07. The van der Waals surface area contributed by atoms with Gasteiger partial charge in [0.2, 0.25) is 0 Å². The van der Waals surface area contributed by atoms with Gasteiger partial charge in [-0.3, -0.25) is 9.80 Å². The molecular weight excluding hydrogens is 522 g/mol. The number of nitrogens with two attached hydrogens (primary N) is 1. The van der Waals surface area contributed by atoms with Crippen molar-refractivity contribution in [3.63, 3.8) is 0 Å². The van der Waals surface area contributed by atoms with Gasteiger partial charge in [0.15, 0.2) is 6.29 Å². The normalized spacial score (nSPS) is 21.8. The van der Waals surface area contributed by atoms with Crippen LogP contribution in [0.3, 0.4) is 0 Å². The zero-order chi connectivity index (χ0) is 28.7. The largest absolute Gasteiger partial charge is 0.392 e. The summed E-state index contributed by atoms with van der Waals surface area (Å²) in [6.45, 7) is 6.60. The zero-order valence-electron chi connectivity index (χ0n) is 24.1. The van der Waals surface area contributed by atoms with Crippen molar-refractivity contribution in [1.82, 2.24) is 9.80 Å². The summed E-state index contributed by atoms with van der Waals surface area (Å²) in [5, 5.41) is 9.53. The molecule has 0 radical (unpaired) electrons. The average molecular weight is 564 g/mol. The van der Waals surface area contributed by atoms with E-state index in [2.05, 4.69) is 94.7 Å². The summed E-state index contributed by atoms with van der Waals surface area (Å²) < 4.78 is 13.2. The molecule has 4 aromatic carbocycles. The molecule has 3 N–H and O–H groups in total. The standard InChI is InChI=1S/C36H41N3O3/c37-23-32-8-4-5-9-34(32)29-14-16-31(17-15-29)36-41-33(22-35(42-36)30-12-10-28(26-40)11-13-30)25-39-20-18-38(19-21-39)24-27-6-2-1-3-7-27/h1-17,33,35-36,40H,18-26,37H2/t33-,35+,36+/m0/s1. The van der Waals surface area contributed by atoms with Crippen LogP contribution in [0, 0.1) is 0 Å². The molecule has 0 unspecified atom stereocenters. The molecule has 0 amide bonds. The first-order valence-corrected chi connectivity index (χ1v) is 15.1. The Bertz CT molecular complexity index is 1400. The maximum absolute atomic E-state index is 9.53. The van der Waals surface area contributed by atoms with Crippen molar-refractivity contribution in [1.29, 1.82) is 0 Å². The van der Waals surface area contributed by atoms with Crippen molar-refractivity contribution in [2.75, 3.05) is 32.7 Å². The summed E-state index contributed by atoms with van der Waals surface area (Å²) in [7, 11) is 0. The predicted octanol–water partition coefficient (Wildman–Crippen LogP) is 5.67. The molecule has 0 aliphatic carbocycles. The zero-order valence-corrected chi connectivity index (χ0v) is 24.1. The molecule has 2 fully saturated rings. The van der Waals surface area contributed by atoms with Gasteiger partial charge in [0.05, 0.1) is 18.8 Å². The number of ether oxygens (including phenoxy) is 2. The van der Waals surface area contributed by atoms with Gasteiger partial charge in [-0.1, -0.05) is 103 Å². The van der Waals surface area contributed by atoms with Gasteiger partial charge in [0, 0.05) is 57.8 Å². The number of aliphatic hydroxyl groups is 1. The van der Waals surface area contributed by atoms with Gasteiger partial charge in [0.1, 0.15) is 0 Å². The highest BCUT2D eigenvalue weighted by atomic mass is 16.7. The minimum Gasteiger partial charge on any atom is -0.392 e. The number of nitrogens with zero attached hydrogens (tertiary/aromatic N) is 2. The molecule has 218 valence electrons. The van der Waals surface area contributed by atoms with E-state index in [1.54, 1.807) is 0 Å². The van der Waals surface area contributed by atoms with Crippen LogP contribution in [-0.4, -0.2) is 53.7 Å². The number of piperazine rings is 1. The Hall–Kier alpha value is -3.36. The second kappa shape index (κ2) is 13.7. The third kappa shape index (κ3) is 6.98. The molecule has 42 heavy (non-hydrogen) atoms. The van der Waals surface area contributed by atoms with E-state index < -0.39 is 6.29 Å². The van der Waals surface area contributed by atoms with Crippen LogP contribution in [0.15, 0.2) is 103 Å². The number of benzene rings is 4. The van der Waals surface area contributed by atoms with Crippen molar-refractivity contribution in [3.05, 3.63) is 131 Å². The molecular formula is C36H41N3O3. The third-order valence-electron chi connectivity index (χ3n) is 8.52. The van der Waals surface area contributed by atoms with Gasteiger partial charge in [0.25, 0.3) is 0 Å². The monoisotopic (exact) mass is 563 g/mol. The maximum atomic E-state index is 9.53. The molecule has 6 rings (SSSR count). The average Bonchev–Trinajstić information content (AvgIpc) is 3.06. The fraction of sp³-hybridized carbons (Fsp3) is 0.333. The molecule has 0 saturated carbocycles. The highest BCUT2D eigenvalue weighted by molar-refractivity contribution is 5.67. The second-order valence-electron chi connectivity index (χ2n) is 11.4. The third-order valence-corrected chi connectivity index (χ3v) is 8.52. The highest BCUT2D eigenvalue weighted by Crippen LogP contribution is 2.39. The Balaban J connectivity index is 1.15. The van der Waals surface area contributed by atoms with Gasteiger partial charge < -0.3 is 20.3 Å². The lowest BCUT2D eigenvalue weighted by atomic mass is 9.97. The molecule has 6 nitrogen and oxygen atoms in total. The molecule has 6 heteroatoms. The molecule has 3 atom stereocenters. The van der Waals surface area contributed by atoms with E-state index in [-0.39, 0.29) is 18.8 Å². The van der Waals surface area contributed by atoms with Gasteiger partial charge in [-0.15, -0.1) is 0 Å². The lowest BCUT2D eigenvalue weighted by Crippen LogP contribution is -2.49. The Morgan fingerprint density at radius 3 is 2.07 bits per heavy atom. The summed E-state index contributed by atoms with van der Waals surface area (Å²) in [6.07, 6.45) is 0.300. The van der Waals surface area contributed by atoms with Crippen LogP contribution in [0.5, 0.6) is 0 Å². The van der Waals surface area contributed by atoms with Crippen LogP contribution in [0.1, 0.15) is 46.6 Å². The molecule has 0 spiro atoms. The van der Waals surface area contributed by atoms with Crippen molar-refractivity contribution in [3.8, 4) is 11.1 Å². The fourth-order valence-corrected chi connectivity index (χ4v) is 6.09. The van der Waals surface area contributed by atoms with Crippen LogP contribution in [0.4, 0.5) is 0 Å². The van der Waals surface area contributed by atoms with Gasteiger partial charge >= 0.3 is 0 Å². The highest BCUT2D eigenvalue weighted by Gasteiger charge is 2.33. The second-order valence-corrected chi connectivity index (χ2v) is 11.4. The number of hydrogen-bond acceptors (Lipinski definition) is 6. The lowest BCUT2D eigenvalue weighted by molar-refractivity contribution is -0.253. The molecule has 2 aliphatic rings. The van der Waals surface area contributed by atoms with Crippen molar-refractivity contribution >= 4 is 0 Å². The van der Waals surface area contributed by atoms with Crippen LogP contribution >= 0.6 is 0 Å². The smallest absolute Gasteiger partial charge is 0.184 e. The van der Waals surface area contributed by atoms with Crippen molar-refractivity contribution in [2.24, 2.45) is 5.73 Å². The van der Waals surface area contributed by atoms with E-state index in [1.807, 2.05) is 18.2 Å². The van der Waals surface area contributed by atoms with Gasteiger partial charge in [-0.05, 0) is 33.4 Å².